The SMILES string of the molecule is CC(C)c1ccc(C(O)(c2cncc(-c3noc(C4CCN(C)C(=O)C4)n3)c2)C2(C)CN(C)C2)cc1. The highest BCUT2D eigenvalue weighted by Gasteiger charge is 2.55. The number of pyridine rings is 1. The van der Waals surface area contributed by atoms with Crippen LogP contribution in [0, 0.1) is 5.41 Å². The average Bonchev–Trinajstić information content (AvgIpc) is 3.35. The maximum atomic E-state index is 12.4. The van der Waals surface area contributed by atoms with Crippen molar-refractivity contribution in [1.29, 1.82) is 0 Å². The highest BCUT2D eigenvalue weighted by molar-refractivity contribution is 5.77. The molecular formula is C28H35N5O3. The zero-order chi connectivity index (χ0) is 25.7. The minimum Gasteiger partial charge on any atom is -0.380 e. The minimum absolute atomic E-state index is 0.0769. The van der Waals surface area contributed by atoms with Crippen LogP contribution in [0.3, 0.4) is 0 Å². The average molecular weight is 490 g/mol. The molecule has 4 heterocycles. The lowest BCUT2D eigenvalue weighted by Gasteiger charge is -2.55. The predicted molar refractivity (Wildman–Crippen MR) is 136 cm³/mol. The Labute approximate surface area is 212 Å². The highest BCUT2D eigenvalue weighted by atomic mass is 16.5. The lowest BCUT2D eigenvalue weighted by Crippen LogP contribution is -2.63. The lowest BCUT2D eigenvalue weighted by molar-refractivity contribution is -0.132. The number of carbonyl (C=O) groups is 1. The van der Waals surface area contributed by atoms with Gasteiger partial charge in [0.05, 0.1) is 0 Å². The summed E-state index contributed by atoms with van der Waals surface area (Å²) in [5.74, 6) is 1.31. The Morgan fingerprint density at radius 3 is 2.50 bits per heavy atom. The van der Waals surface area contributed by atoms with Crippen LogP contribution in [0.4, 0.5) is 0 Å². The van der Waals surface area contributed by atoms with Crippen molar-refractivity contribution < 1.29 is 14.4 Å². The van der Waals surface area contributed by atoms with E-state index in [9.17, 15) is 9.90 Å². The third kappa shape index (κ3) is 4.12. The quantitative estimate of drug-likeness (QED) is 0.563. The van der Waals surface area contributed by atoms with Crippen molar-refractivity contribution in [3.63, 3.8) is 0 Å². The molecule has 0 saturated carbocycles. The largest absolute Gasteiger partial charge is 0.380 e. The van der Waals surface area contributed by atoms with Gasteiger partial charge in [0.15, 0.2) is 0 Å². The van der Waals surface area contributed by atoms with Crippen LogP contribution in [0.2, 0.25) is 0 Å². The molecule has 190 valence electrons. The van der Waals surface area contributed by atoms with Gasteiger partial charge in [-0.15, -0.1) is 0 Å². The van der Waals surface area contributed by atoms with E-state index < -0.39 is 11.0 Å². The van der Waals surface area contributed by atoms with E-state index in [4.69, 9.17) is 4.52 Å². The third-order valence-electron chi connectivity index (χ3n) is 7.97. The van der Waals surface area contributed by atoms with E-state index in [0.717, 1.165) is 25.1 Å². The first kappa shape index (κ1) is 24.6. The zero-order valence-electron chi connectivity index (χ0n) is 21.7. The molecule has 8 heteroatoms. The van der Waals surface area contributed by atoms with Crippen LogP contribution in [0.15, 0.2) is 47.2 Å². The number of hydrogen-bond donors (Lipinski definition) is 1. The summed E-state index contributed by atoms with van der Waals surface area (Å²) >= 11 is 0. The van der Waals surface area contributed by atoms with Gasteiger partial charge in [0.2, 0.25) is 17.6 Å². The number of piperidine rings is 1. The maximum absolute atomic E-state index is 12.4. The molecule has 2 aliphatic heterocycles. The normalized spacial score (nSPS) is 21.9. The Kier molecular flexibility index (Phi) is 6.21. The number of amides is 1. The molecule has 0 spiro atoms. The Hall–Kier alpha value is -3.10. The van der Waals surface area contributed by atoms with Gasteiger partial charge < -0.3 is 19.4 Å². The molecule has 2 atom stereocenters. The molecule has 3 aromatic rings. The van der Waals surface area contributed by atoms with E-state index in [0.29, 0.717) is 41.7 Å². The van der Waals surface area contributed by atoms with E-state index in [-0.39, 0.29) is 11.8 Å². The van der Waals surface area contributed by atoms with Gasteiger partial charge in [0.25, 0.3) is 0 Å². The first-order chi connectivity index (χ1) is 17.1. The molecule has 2 aromatic heterocycles. The molecule has 1 amide bonds. The van der Waals surface area contributed by atoms with E-state index in [1.807, 2.05) is 25.2 Å². The molecule has 36 heavy (non-hydrogen) atoms. The van der Waals surface area contributed by atoms with Crippen molar-refractivity contribution >= 4 is 5.91 Å². The van der Waals surface area contributed by atoms with Crippen LogP contribution in [0.5, 0.6) is 0 Å². The summed E-state index contributed by atoms with van der Waals surface area (Å²) in [6.45, 7) is 8.65. The highest BCUT2D eigenvalue weighted by Crippen LogP contribution is 2.50. The Balaban J connectivity index is 1.50. The number of aliphatic hydroxyl groups is 1. The van der Waals surface area contributed by atoms with E-state index in [1.165, 1.54) is 5.56 Å². The van der Waals surface area contributed by atoms with Crippen LogP contribution in [-0.4, -0.2) is 69.7 Å². The van der Waals surface area contributed by atoms with Crippen LogP contribution in [0.1, 0.15) is 68.0 Å². The maximum Gasteiger partial charge on any atom is 0.230 e. The van der Waals surface area contributed by atoms with Crippen LogP contribution < -0.4 is 0 Å². The molecule has 2 unspecified atom stereocenters. The Morgan fingerprint density at radius 2 is 1.86 bits per heavy atom. The minimum atomic E-state index is -1.25. The number of carbonyl (C=O) groups excluding carboxylic acids is 1. The van der Waals surface area contributed by atoms with E-state index in [1.54, 1.807) is 17.3 Å². The number of nitrogens with zero attached hydrogens (tertiary/aromatic N) is 5. The van der Waals surface area contributed by atoms with Gasteiger partial charge >= 0.3 is 0 Å². The molecule has 2 saturated heterocycles. The standard InChI is InChI=1S/C28H35N5O3/c1-18(2)19-6-8-22(9-7-19)28(35,27(3)16-32(4)17-27)23-12-21(14-29-15-23)25-30-26(36-31-25)20-10-11-33(5)24(34)13-20/h6-9,12,14-15,18,20,35H,10-11,13,16-17H2,1-5H3. The van der Waals surface area contributed by atoms with Crippen molar-refractivity contribution in [1.82, 2.24) is 24.9 Å². The molecule has 1 aromatic carbocycles. The van der Waals surface area contributed by atoms with Crippen LogP contribution in [0.25, 0.3) is 11.4 Å². The van der Waals surface area contributed by atoms with Gasteiger partial charge in [-0.05, 0) is 36.6 Å². The first-order valence-electron chi connectivity index (χ1n) is 12.7. The fourth-order valence-corrected chi connectivity index (χ4v) is 5.78. The van der Waals surface area contributed by atoms with Gasteiger partial charge in [-0.2, -0.15) is 4.98 Å². The zero-order valence-corrected chi connectivity index (χ0v) is 21.7. The molecule has 2 fully saturated rings. The van der Waals surface area contributed by atoms with Crippen LogP contribution >= 0.6 is 0 Å². The van der Waals surface area contributed by atoms with Gasteiger partial charge in [0, 0.05) is 68.0 Å². The number of likely N-dealkylation sites (tertiary alicyclic amines) is 2. The molecule has 8 nitrogen and oxygen atoms in total. The fourth-order valence-electron chi connectivity index (χ4n) is 5.78. The third-order valence-corrected chi connectivity index (χ3v) is 7.97. The molecule has 0 aliphatic carbocycles. The smallest absolute Gasteiger partial charge is 0.230 e. The van der Waals surface area contributed by atoms with Gasteiger partial charge in [-0.3, -0.25) is 9.78 Å². The second-order valence-corrected chi connectivity index (χ2v) is 11.1. The van der Waals surface area contributed by atoms with Crippen molar-refractivity contribution in [3.8, 4) is 11.4 Å². The molecule has 5 rings (SSSR count). The Bertz CT molecular complexity index is 1250. The fraction of sp³-hybridized carbons (Fsp3) is 0.500. The monoisotopic (exact) mass is 489 g/mol. The number of aromatic nitrogens is 3. The summed E-state index contributed by atoms with van der Waals surface area (Å²) in [5.41, 5.74) is 1.82. The summed E-state index contributed by atoms with van der Waals surface area (Å²) in [7, 11) is 3.88. The molecule has 2 aliphatic rings. The summed E-state index contributed by atoms with van der Waals surface area (Å²) in [4.78, 5) is 25.2. The number of hydrogen-bond acceptors (Lipinski definition) is 7. The second-order valence-electron chi connectivity index (χ2n) is 11.1. The van der Waals surface area contributed by atoms with E-state index >= 15 is 0 Å². The van der Waals surface area contributed by atoms with Crippen molar-refractivity contribution in [3.05, 3.63) is 65.3 Å². The summed E-state index contributed by atoms with van der Waals surface area (Å²) < 4.78 is 5.57. The van der Waals surface area contributed by atoms with Crippen LogP contribution in [-0.2, 0) is 10.4 Å². The summed E-state index contributed by atoms with van der Waals surface area (Å²) in [5, 5.41) is 16.6. The molecule has 1 N–H and O–H groups in total. The lowest BCUT2D eigenvalue weighted by atomic mass is 9.62. The van der Waals surface area contributed by atoms with Crippen molar-refractivity contribution in [2.45, 2.75) is 51.0 Å². The van der Waals surface area contributed by atoms with Gasteiger partial charge in [-0.1, -0.05) is 50.2 Å². The van der Waals surface area contributed by atoms with Crippen molar-refractivity contribution in [2.24, 2.45) is 5.41 Å². The van der Waals surface area contributed by atoms with Gasteiger partial charge in [0.1, 0.15) is 5.60 Å². The topological polar surface area (TPSA) is 95.6 Å². The van der Waals surface area contributed by atoms with Gasteiger partial charge in [-0.25, -0.2) is 0 Å². The second kappa shape index (κ2) is 9.09. The van der Waals surface area contributed by atoms with E-state index in [2.05, 4.69) is 60.0 Å². The molecule has 0 radical (unpaired) electrons. The number of benzene rings is 1. The van der Waals surface area contributed by atoms with Crippen molar-refractivity contribution in [2.75, 3.05) is 33.7 Å². The first-order valence-corrected chi connectivity index (χ1v) is 12.7. The molecular weight excluding hydrogens is 454 g/mol. The summed E-state index contributed by atoms with van der Waals surface area (Å²) in [6.07, 6.45) is 4.59. The Morgan fingerprint density at radius 1 is 1.14 bits per heavy atom. The summed E-state index contributed by atoms with van der Waals surface area (Å²) in [6, 6.07) is 10.2. The number of rotatable bonds is 6. The predicted octanol–water partition coefficient (Wildman–Crippen LogP) is 3.78. The molecule has 0 bridgehead atoms.